The van der Waals surface area contributed by atoms with Gasteiger partial charge >= 0.3 is 0 Å². The number of methoxy groups -OCH3 is 1. The number of morpholine rings is 1. The molecule has 6 heteroatoms. The summed E-state index contributed by atoms with van der Waals surface area (Å²) in [6.45, 7) is 4.36. The first-order valence-corrected chi connectivity index (χ1v) is 8.94. The Balaban J connectivity index is 1.72. The van der Waals surface area contributed by atoms with E-state index >= 15 is 0 Å². The first-order chi connectivity index (χ1) is 12.2. The molecular formula is C19H24N4O2. The lowest BCUT2D eigenvalue weighted by Crippen LogP contribution is -2.49. The molecule has 2 aromatic heterocycles. The fourth-order valence-electron chi connectivity index (χ4n) is 3.80. The maximum atomic E-state index is 5.99. The van der Waals surface area contributed by atoms with E-state index in [-0.39, 0.29) is 12.2 Å². The van der Waals surface area contributed by atoms with Crippen LogP contribution in [0.25, 0.3) is 11.4 Å². The molecule has 6 nitrogen and oxygen atoms in total. The van der Waals surface area contributed by atoms with Gasteiger partial charge in [0.15, 0.2) is 5.82 Å². The van der Waals surface area contributed by atoms with Gasteiger partial charge in [0.2, 0.25) is 0 Å². The van der Waals surface area contributed by atoms with E-state index in [0.717, 1.165) is 49.6 Å². The van der Waals surface area contributed by atoms with Crippen LogP contribution in [-0.2, 0) is 22.3 Å². The smallest absolute Gasteiger partial charge is 0.161 e. The third-order valence-corrected chi connectivity index (χ3v) is 4.83. The van der Waals surface area contributed by atoms with Crippen LogP contribution in [0.4, 0.5) is 5.82 Å². The van der Waals surface area contributed by atoms with Gasteiger partial charge in [-0.05, 0) is 38.3 Å². The van der Waals surface area contributed by atoms with Gasteiger partial charge in [0.1, 0.15) is 5.82 Å². The first-order valence-electron chi connectivity index (χ1n) is 8.94. The molecule has 1 aliphatic carbocycles. The van der Waals surface area contributed by atoms with Gasteiger partial charge in [-0.25, -0.2) is 9.97 Å². The van der Waals surface area contributed by atoms with Gasteiger partial charge in [-0.1, -0.05) is 0 Å². The fraction of sp³-hybridized carbons (Fsp3) is 0.526. The maximum Gasteiger partial charge on any atom is 0.161 e. The summed E-state index contributed by atoms with van der Waals surface area (Å²) in [6.07, 6.45) is 7.05. The Morgan fingerprint density at radius 3 is 2.84 bits per heavy atom. The van der Waals surface area contributed by atoms with Crippen molar-refractivity contribution in [3.05, 3.63) is 35.8 Å². The largest absolute Gasteiger partial charge is 0.382 e. The van der Waals surface area contributed by atoms with E-state index in [2.05, 4.69) is 16.8 Å². The zero-order valence-electron chi connectivity index (χ0n) is 14.8. The maximum absolute atomic E-state index is 5.99. The second kappa shape index (κ2) is 7.06. The van der Waals surface area contributed by atoms with Gasteiger partial charge in [-0.15, -0.1) is 0 Å². The third-order valence-electron chi connectivity index (χ3n) is 4.83. The number of anilines is 1. The molecule has 2 aromatic rings. The van der Waals surface area contributed by atoms with E-state index in [9.17, 15) is 0 Å². The Hall–Kier alpha value is -2.05. The standard InChI is InChI=1S/C19H24N4O2/c1-13-10-23(11-15(25-13)12-24-2)19-16-4-3-5-17(16)21-18(22-19)14-6-8-20-9-7-14/h6-9,13,15H,3-5,10-12H2,1-2H3. The summed E-state index contributed by atoms with van der Waals surface area (Å²) in [6, 6.07) is 3.94. The Labute approximate surface area is 148 Å². The minimum atomic E-state index is 0.0742. The lowest BCUT2D eigenvalue weighted by Gasteiger charge is -2.38. The minimum absolute atomic E-state index is 0.0742. The minimum Gasteiger partial charge on any atom is -0.382 e. The van der Waals surface area contributed by atoms with Gasteiger partial charge in [-0.2, -0.15) is 0 Å². The molecule has 2 unspecified atom stereocenters. The Morgan fingerprint density at radius 2 is 2.04 bits per heavy atom. The number of fused-ring (bicyclic) bond motifs is 1. The quantitative estimate of drug-likeness (QED) is 0.851. The van der Waals surface area contributed by atoms with Gasteiger partial charge in [0.25, 0.3) is 0 Å². The van der Waals surface area contributed by atoms with Gasteiger partial charge in [0, 0.05) is 49.4 Å². The average molecular weight is 340 g/mol. The molecule has 1 saturated heterocycles. The van der Waals surface area contributed by atoms with Crippen LogP contribution in [0.15, 0.2) is 24.5 Å². The van der Waals surface area contributed by atoms with Crippen LogP contribution in [0.3, 0.4) is 0 Å². The van der Waals surface area contributed by atoms with Crippen LogP contribution < -0.4 is 4.90 Å². The van der Waals surface area contributed by atoms with Crippen molar-refractivity contribution in [1.29, 1.82) is 0 Å². The molecule has 0 saturated carbocycles. The molecule has 0 radical (unpaired) electrons. The molecule has 0 aromatic carbocycles. The molecule has 2 atom stereocenters. The van der Waals surface area contributed by atoms with Gasteiger partial charge in [-0.3, -0.25) is 4.98 Å². The topological polar surface area (TPSA) is 60.4 Å². The normalized spacial score (nSPS) is 22.9. The van der Waals surface area contributed by atoms with E-state index in [0.29, 0.717) is 6.61 Å². The Bertz CT molecular complexity index is 738. The van der Waals surface area contributed by atoms with Crippen molar-refractivity contribution >= 4 is 5.82 Å². The fourth-order valence-corrected chi connectivity index (χ4v) is 3.80. The Morgan fingerprint density at radius 1 is 1.20 bits per heavy atom. The highest BCUT2D eigenvalue weighted by Gasteiger charge is 2.30. The SMILES string of the molecule is COCC1CN(c2nc(-c3ccncc3)nc3c2CCC3)CC(C)O1. The van der Waals surface area contributed by atoms with Crippen molar-refractivity contribution < 1.29 is 9.47 Å². The van der Waals surface area contributed by atoms with Crippen molar-refractivity contribution in [3.63, 3.8) is 0 Å². The number of aromatic nitrogens is 3. The summed E-state index contributed by atoms with van der Waals surface area (Å²) in [4.78, 5) is 16.2. The van der Waals surface area contributed by atoms with Crippen LogP contribution >= 0.6 is 0 Å². The van der Waals surface area contributed by atoms with Crippen LogP contribution in [0.1, 0.15) is 24.6 Å². The first kappa shape index (κ1) is 16.4. The van der Waals surface area contributed by atoms with Crippen molar-refractivity contribution in [1.82, 2.24) is 15.0 Å². The molecule has 25 heavy (non-hydrogen) atoms. The lowest BCUT2D eigenvalue weighted by molar-refractivity contribution is -0.0513. The van der Waals surface area contributed by atoms with E-state index < -0.39 is 0 Å². The summed E-state index contributed by atoms with van der Waals surface area (Å²) in [5.74, 6) is 1.87. The number of nitrogens with zero attached hydrogens (tertiary/aromatic N) is 4. The van der Waals surface area contributed by atoms with Crippen molar-refractivity contribution in [2.24, 2.45) is 0 Å². The monoisotopic (exact) mass is 340 g/mol. The van der Waals surface area contributed by atoms with Crippen LogP contribution in [0.5, 0.6) is 0 Å². The highest BCUT2D eigenvalue weighted by atomic mass is 16.5. The second-order valence-electron chi connectivity index (χ2n) is 6.81. The van der Waals surface area contributed by atoms with Crippen LogP contribution in [-0.4, -0.2) is 54.0 Å². The average Bonchev–Trinajstić information content (AvgIpc) is 3.10. The molecule has 4 rings (SSSR count). The van der Waals surface area contributed by atoms with Crippen LogP contribution in [0, 0.1) is 0 Å². The second-order valence-corrected chi connectivity index (χ2v) is 6.81. The predicted molar refractivity (Wildman–Crippen MR) is 95.7 cm³/mol. The highest BCUT2D eigenvalue weighted by Crippen LogP contribution is 2.32. The van der Waals surface area contributed by atoms with Crippen molar-refractivity contribution in [2.45, 2.75) is 38.4 Å². The molecule has 0 N–H and O–H groups in total. The summed E-state index contributed by atoms with van der Waals surface area (Å²) < 4.78 is 11.3. The molecule has 2 aliphatic rings. The summed E-state index contributed by atoms with van der Waals surface area (Å²) in [7, 11) is 1.72. The number of pyridine rings is 1. The lowest BCUT2D eigenvalue weighted by atomic mass is 10.1. The van der Waals surface area contributed by atoms with E-state index in [4.69, 9.17) is 19.4 Å². The Kier molecular flexibility index (Phi) is 4.63. The van der Waals surface area contributed by atoms with Crippen molar-refractivity contribution in [3.8, 4) is 11.4 Å². The number of aryl methyl sites for hydroxylation is 1. The molecule has 132 valence electrons. The zero-order valence-corrected chi connectivity index (χ0v) is 14.8. The molecule has 0 amide bonds. The predicted octanol–water partition coefficient (Wildman–Crippen LogP) is 2.27. The molecule has 1 aliphatic heterocycles. The van der Waals surface area contributed by atoms with E-state index in [1.54, 1.807) is 19.5 Å². The summed E-state index contributed by atoms with van der Waals surface area (Å²) in [5, 5.41) is 0. The summed E-state index contributed by atoms with van der Waals surface area (Å²) in [5.41, 5.74) is 3.52. The number of hydrogen-bond donors (Lipinski definition) is 0. The van der Waals surface area contributed by atoms with Gasteiger partial charge < -0.3 is 14.4 Å². The zero-order chi connectivity index (χ0) is 17.2. The third kappa shape index (κ3) is 3.37. The molecular weight excluding hydrogens is 316 g/mol. The number of rotatable bonds is 4. The van der Waals surface area contributed by atoms with E-state index in [1.165, 1.54) is 11.3 Å². The molecule has 1 fully saturated rings. The molecule has 3 heterocycles. The number of hydrogen-bond acceptors (Lipinski definition) is 6. The molecule has 0 bridgehead atoms. The van der Waals surface area contributed by atoms with E-state index in [1.807, 2.05) is 12.1 Å². The molecule has 0 spiro atoms. The summed E-state index contributed by atoms with van der Waals surface area (Å²) >= 11 is 0. The highest BCUT2D eigenvalue weighted by molar-refractivity contribution is 5.61. The van der Waals surface area contributed by atoms with Crippen molar-refractivity contribution in [2.75, 3.05) is 31.7 Å². The van der Waals surface area contributed by atoms with Crippen LogP contribution in [0.2, 0.25) is 0 Å². The number of ether oxygens (including phenoxy) is 2. The van der Waals surface area contributed by atoms with Gasteiger partial charge in [0.05, 0.1) is 18.8 Å².